The lowest BCUT2D eigenvalue weighted by Gasteiger charge is -2.21. The third-order valence-electron chi connectivity index (χ3n) is 4.52. The Bertz CT molecular complexity index is 788. The molecule has 0 aromatic heterocycles. The van der Waals surface area contributed by atoms with Gasteiger partial charge in [0.1, 0.15) is 4.90 Å². The summed E-state index contributed by atoms with van der Waals surface area (Å²) in [5, 5.41) is 3.01. The molecule has 0 aliphatic carbocycles. The van der Waals surface area contributed by atoms with Crippen LogP contribution in [0.15, 0.2) is 23.1 Å². The SMILES string of the molecule is CC(C)N1CCC(CNC(=O)c2ccc(Cl)c(S(=O)(=O)NC(C)(C)C)c2)C1. The van der Waals surface area contributed by atoms with E-state index in [-0.39, 0.29) is 21.4 Å². The summed E-state index contributed by atoms with van der Waals surface area (Å²) in [6.45, 7) is 12.2. The first-order chi connectivity index (χ1) is 12.4. The average molecular weight is 416 g/mol. The number of benzene rings is 1. The first-order valence-electron chi connectivity index (χ1n) is 9.25. The van der Waals surface area contributed by atoms with E-state index in [0.29, 0.717) is 18.5 Å². The second kappa shape index (κ2) is 8.47. The van der Waals surface area contributed by atoms with E-state index in [1.165, 1.54) is 12.1 Å². The highest BCUT2D eigenvalue weighted by atomic mass is 35.5. The Balaban J connectivity index is 2.08. The van der Waals surface area contributed by atoms with Crippen molar-refractivity contribution in [3.05, 3.63) is 28.8 Å². The van der Waals surface area contributed by atoms with Gasteiger partial charge in [-0.1, -0.05) is 11.6 Å². The van der Waals surface area contributed by atoms with Crippen LogP contribution in [0.2, 0.25) is 5.02 Å². The van der Waals surface area contributed by atoms with E-state index in [2.05, 4.69) is 28.8 Å². The molecule has 152 valence electrons. The van der Waals surface area contributed by atoms with Crippen molar-refractivity contribution in [1.29, 1.82) is 0 Å². The van der Waals surface area contributed by atoms with Crippen LogP contribution in [0, 0.1) is 5.92 Å². The van der Waals surface area contributed by atoms with Crippen LogP contribution in [0.4, 0.5) is 0 Å². The molecule has 1 unspecified atom stereocenters. The van der Waals surface area contributed by atoms with Gasteiger partial charge in [0.15, 0.2) is 0 Å². The summed E-state index contributed by atoms with van der Waals surface area (Å²) < 4.78 is 27.7. The fourth-order valence-corrected chi connectivity index (χ4v) is 5.09. The van der Waals surface area contributed by atoms with Gasteiger partial charge >= 0.3 is 0 Å². The van der Waals surface area contributed by atoms with E-state index in [9.17, 15) is 13.2 Å². The van der Waals surface area contributed by atoms with Gasteiger partial charge in [-0.2, -0.15) is 0 Å². The van der Waals surface area contributed by atoms with Crippen LogP contribution < -0.4 is 10.0 Å². The van der Waals surface area contributed by atoms with Gasteiger partial charge in [0, 0.05) is 30.2 Å². The lowest BCUT2D eigenvalue weighted by molar-refractivity contribution is 0.0947. The van der Waals surface area contributed by atoms with Crippen LogP contribution in [0.25, 0.3) is 0 Å². The molecule has 0 bridgehead atoms. The highest BCUT2D eigenvalue weighted by Crippen LogP contribution is 2.24. The maximum atomic E-state index is 12.6. The van der Waals surface area contributed by atoms with Gasteiger partial charge in [-0.25, -0.2) is 13.1 Å². The van der Waals surface area contributed by atoms with Gasteiger partial charge in [0.05, 0.1) is 5.02 Å². The summed E-state index contributed by atoms with van der Waals surface area (Å²) in [6.07, 6.45) is 1.05. The molecule has 1 aromatic carbocycles. The molecular weight excluding hydrogens is 386 g/mol. The topological polar surface area (TPSA) is 78.5 Å². The number of amides is 1. The van der Waals surface area contributed by atoms with Crippen LogP contribution >= 0.6 is 11.6 Å². The zero-order chi connectivity index (χ0) is 20.4. The van der Waals surface area contributed by atoms with E-state index in [4.69, 9.17) is 11.6 Å². The fourth-order valence-electron chi connectivity index (χ4n) is 3.15. The Morgan fingerprint density at radius 1 is 1.33 bits per heavy atom. The molecule has 1 fully saturated rings. The number of carbonyl (C=O) groups is 1. The van der Waals surface area contributed by atoms with E-state index in [0.717, 1.165) is 19.5 Å². The molecule has 1 aliphatic rings. The van der Waals surface area contributed by atoms with Crippen molar-refractivity contribution in [2.75, 3.05) is 19.6 Å². The maximum absolute atomic E-state index is 12.6. The number of nitrogens with one attached hydrogen (secondary N) is 2. The summed E-state index contributed by atoms with van der Waals surface area (Å²) in [4.78, 5) is 14.8. The summed E-state index contributed by atoms with van der Waals surface area (Å²) in [7, 11) is -3.82. The highest BCUT2D eigenvalue weighted by molar-refractivity contribution is 7.89. The van der Waals surface area contributed by atoms with Crippen molar-refractivity contribution in [1.82, 2.24) is 14.9 Å². The van der Waals surface area contributed by atoms with Crippen LogP contribution in [0.1, 0.15) is 51.4 Å². The van der Waals surface area contributed by atoms with Gasteiger partial charge in [0.2, 0.25) is 10.0 Å². The van der Waals surface area contributed by atoms with Crippen LogP contribution in [0.3, 0.4) is 0 Å². The number of sulfonamides is 1. The minimum atomic E-state index is -3.82. The Hall–Kier alpha value is -1.15. The van der Waals surface area contributed by atoms with Crippen LogP contribution in [-0.2, 0) is 10.0 Å². The number of likely N-dealkylation sites (tertiary alicyclic amines) is 1. The standard InChI is InChI=1S/C19H30ClN3O3S/c1-13(2)23-9-8-14(12-23)11-21-18(24)15-6-7-16(20)17(10-15)27(25,26)22-19(3,4)5/h6-7,10,13-14,22H,8-9,11-12H2,1-5H3,(H,21,24). The second-order valence-corrected chi connectivity index (χ2v) is 10.5. The molecule has 1 amide bonds. The van der Waals surface area contributed by atoms with E-state index >= 15 is 0 Å². The molecule has 1 saturated heterocycles. The Kier molecular flexibility index (Phi) is 6.95. The zero-order valence-corrected chi connectivity index (χ0v) is 18.2. The molecule has 1 atom stereocenters. The Labute approximate surface area is 167 Å². The van der Waals surface area contributed by atoms with Gasteiger partial charge in [0.25, 0.3) is 5.91 Å². The first kappa shape index (κ1) is 22.1. The number of rotatable bonds is 6. The summed E-state index contributed by atoms with van der Waals surface area (Å²) in [5.74, 6) is 0.122. The molecular formula is C19H30ClN3O3S. The molecule has 27 heavy (non-hydrogen) atoms. The number of nitrogens with zero attached hydrogens (tertiary/aromatic N) is 1. The Morgan fingerprint density at radius 3 is 2.56 bits per heavy atom. The van der Waals surface area contributed by atoms with Crippen molar-refractivity contribution in [3.63, 3.8) is 0 Å². The molecule has 1 aromatic rings. The van der Waals surface area contributed by atoms with Gasteiger partial charge in [-0.3, -0.25) is 4.79 Å². The largest absolute Gasteiger partial charge is 0.352 e. The fraction of sp³-hybridized carbons (Fsp3) is 0.632. The lowest BCUT2D eigenvalue weighted by atomic mass is 10.1. The van der Waals surface area contributed by atoms with E-state index in [1.54, 1.807) is 26.8 Å². The van der Waals surface area contributed by atoms with Gasteiger partial charge in [-0.15, -0.1) is 0 Å². The monoisotopic (exact) mass is 415 g/mol. The van der Waals surface area contributed by atoms with Crippen molar-refractivity contribution >= 4 is 27.5 Å². The van der Waals surface area contributed by atoms with Crippen molar-refractivity contribution in [3.8, 4) is 0 Å². The van der Waals surface area contributed by atoms with E-state index in [1.807, 2.05) is 0 Å². The summed E-state index contributed by atoms with van der Waals surface area (Å²) in [6, 6.07) is 4.83. The molecule has 1 heterocycles. The number of halogens is 1. The van der Waals surface area contributed by atoms with Crippen LogP contribution in [-0.4, -0.2) is 50.4 Å². The number of carbonyl (C=O) groups excluding carboxylic acids is 1. The van der Waals surface area contributed by atoms with Crippen LogP contribution in [0.5, 0.6) is 0 Å². The average Bonchev–Trinajstić information content (AvgIpc) is 2.99. The molecule has 8 heteroatoms. The summed E-state index contributed by atoms with van der Waals surface area (Å²) >= 11 is 6.08. The lowest BCUT2D eigenvalue weighted by Crippen LogP contribution is -2.40. The minimum absolute atomic E-state index is 0.0846. The van der Waals surface area contributed by atoms with Gasteiger partial charge in [-0.05, 0) is 71.7 Å². The predicted molar refractivity (Wildman–Crippen MR) is 109 cm³/mol. The molecule has 0 spiro atoms. The second-order valence-electron chi connectivity index (χ2n) is 8.45. The van der Waals surface area contributed by atoms with Crippen molar-refractivity contribution < 1.29 is 13.2 Å². The molecule has 2 N–H and O–H groups in total. The molecule has 0 saturated carbocycles. The zero-order valence-electron chi connectivity index (χ0n) is 16.7. The predicted octanol–water partition coefficient (Wildman–Crippen LogP) is 2.88. The van der Waals surface area contributed by atoms with Crippen molar-refractivity contribution in [2.45, 2.75) is 57.5 Å². The number of hydrogen-bond donors (Lipinski definition) is 2. The molecule has 0 radical (unpaired) electrons. The maximum Gasteiger partial charge on any atom is 0.251 e. The smallest absolute Gasteiger partial charge is 0.251 e. The minimum Gasteiger partial charge on any atom is -0.352 e. The summed E-state index contributed by atoms with van der Waals surface area (Å²) in [5.41, 5.74) is -0.363. The Morgan fingerprint density at radius 2 is 2.00 bits per heavy atom. The van der Waals surface area contributed by atoms with Crippen molar-refractivity contribution in [2.24, 2.45) is 5.92 Å². The van der Waals surface area contributed by atoms with E-state index < -0.39 is 15.6 Å². The van der Waals surface area contributed by atoms with Gasteiger partial charge < -0.3 is 10.2 Å². The number of hydrogen-bond acceptors (Lipinski definition) is 4. The third-order valence-corrected chi connectivity index (χ3v) is 6.76. The highest BCUT2D eigenvalue weighted by Gasteiger charge is 2.27. The molecule has 2 rings (SSSR count). The third kappa shape index (κ3) is 6.17. The first-order valence-corrected chi connectivity index (χ1v) is 11.1. The quantitative estimate of drug-likeness (QED) is 0.748. The normalized spacial score (nSPS) is 18.9. The molecule has 1 aliphatic heterocycles. The molecule has 6 nitrogen and oxygen atoms in total.